The maximum atomic E-state index is 11.4. The highest BCUT2D eigenvalue weighted by molar-refractivity contribution is 5.76. The molecule has 4 heteroatoms. The van der Waals surface area contributed by atoms with Crippen molar-refractivity contribution in [2.24, 2.45) is 0 Å². The Morgan fingerprint density at radius 3 is 2.30 bits per heavy atom. The monoisotopic (exact) mass is 437 g/mol. The zero-order chi connectivity index (χ0) is 22.6. The minimum Gasteiger partial charge on any atom is -0.440 e. The van der Waals surface area contributed by atoms with Crippen LogP contribution in [0.1, 0.15) is 55.9 Å². The third kappa shape index (κ3) is 4.75. The molecule has 2 unspecified atom stereocenters. The van der Waals surface area contributed by atoms with Crippen LogP contribution in [0, 0.1) is 0 Å². The molecule has 166 valence electrons. The number of esters is 1. The molecule has 4 nitrogen and oxygen atoms in total. The molecular weight excluding hydrogens is 410 g/mol. The molecule has 1 fully saturated rings. The average molecular weight is 438 g/mol. The highest BCUT2D eigenvalue weighted by Crippen LogP contribution is 2.44. The smallest absolute Gasteiger partial charge is 0.308 e. The number of carbonyl (C=O) groups is 1. The highest BCUT2D eigenvalue weighted by Gasteiger charge is 2.29. The van der Waals surface area contributed by atoms with Gasteiger partial charge in [-0.25, -0.2) is 4.98 Å². The molecule has 1 aromatic heterocycles. The van der Waals surface area contributed by atoms with Gasteiger partial charge in [-0.3, -0.25) is 4.79 Å². The molecular formula is C29H27NO3. The SMILES string of the molecule is CC(=O)Oc1cccc(C2CCCC(c3nc(-c4ccccc4)c(-c4ccccc4)o3)C2)c1. The van der Waals surface area contributed by atoms with Gasteiger partial charge in [0.05, 0.1) is 0 Å². The molecule has 0 spiro atoms. The van der Waals surface area contributed by atoms with Crippen LogP contribution < -0.4 is 4.74 Å². The Kier molecular flexibility index (Phi) is 6.07. The average Bonchev–Trinajstić information content (AvgIpc) is 3.31. The number of hydrogen-bond donors (Lipinski definition) is 0. The van der Waals surface area contributed by atoms with Crippen LogP contribution in [0.3, 0.4) is 0 Å². The van der Waals surface area contributed by atoms with Gasteiger partial charge in [0.25, 0.3) is 0 Å². The van der Waals surface area contributed by atoms with E-state index in [1.165, 1.54) is 12.5 Å². The quantitative estimate of drug-likeness (QED) is 0.241. The van der Waals surface area contributed by atoms with Gasteiger partial charge in [0.2, 0.25) is 0 Å². The summed E-state index contributed by atoms with van der Waals surface area (Å²) >= 11 is 0. The second-order valence-corrected chi connectivity index (χ2v) is 8.69. The van der Waals surface area contributed by atoms with Gasteiger partial charge >= 0.3 is 5.97 Å². The molecule has 0 N–H and O–H groups in total. The molecule has 3 aromatic carbocycles. The molecule has 0 aliphatic heterocycles. The molecule has 1 heterocycles. The van der Waals surface area contributed by atoms with Gasteiger partial charge in [-0.15, -0.1) is 0 Å². The van der Waals surface area contributed by atoms with Crippen molar-refractivity contribution in [3.63, 3.8) is 0 Å². The van der Waals surface area contributed by atoms with E-state index in [0.717, 1.165) is 54.2 Å². The molecule has 0 saturated heterocycles. The lowest BCUT2D eigenvalue weighted by molar-refractivity contribution is -0.131. The lowest BCUT2D eigenvalue weighted by Gasteiger charge is -2.27. The molecule has 1 aliphatic rings. The van der Waals surface area contributed by atoms with Crippen LogP contribution in [-0.2, 0) is 4.79 Å². The highest BCUT2D eigenvalue weighted by atomic mass is 16.5. The van der Waals surface area contributed by atoms with Gasteiger partial charge in [0, 0.05) is 24.0 Å². The second kappa shape index (κ2) is 9.45. The number of hydrogen-bond acceptors (Lipinski definition) is 4. The van der Waals surface area contributed by atoms with E-state index in [1.54, 1.807) is 0 Å². The standard InChI is InChI=1S/C29H27NO3/c1-20(31)32-26-17-9-15-24(19-26)23-14-8-16-25(18-23)29-30-27(21-10-4-2-5-11-21)28(33-29)22-12-6-3-7-13-22/h2-7,9-13,15,17,19,23,25H,8,14,16,18H2,1H3. The summed E-state index contributed by atoms with van der Waals surface area (Å²) in [5.74, 6) is 2.59. The maximum Gasteiger partial charge on any atom is 0.308 e. The van der Waals surface area contributed by atoms with Crippen LogP contribution in [0.15, 0.2) is 89.3 Å². The number of aromatic nitrogens is 1. The van der Waals surface area contributed by atoms with Crippen molar-refractivity contribution in [2.45, 2.75) is 44.4 Å². The van der Waals surface area contributed by atoms with E-state index in [0.29, 0.717) is 11.7 Å². The number of oxazole rings is 1. The van der Waals surface area contributed by atoms with E-state index in [9.17, 15) is 4.79 Å². The van der Waals surface area contributed by atoms with Crippen LogP contribution in [0.4, 0.5) is 0 Å². The van der Waals surface area contributed by atoms with Crippen molar-refractivity contribution in [3.8, 4) is 28.3 Å². The molecule has 1 saturated carbocycles. The summed E-state index contributed by atoms with van der Waals surface area (Å²) in [7, 11) is 0. The third-order valence-electron chi connectivity index (χ3n) is 6.34. The summed E-state index contributed by atoms with van der Waals surface area (Å²) in [6.07, 6.45) is 4.24. The molecule has 1 aliphatic carbocycles. The number of nitrogens with zero attached hydrogens (tertiary/aromatic N) is 1. The van der Waals surface area contributed by atoms with Crippen LogP contribution in [0.5, 0.6) is 5.75 Å². The minimum absolute atomic E-state index is 0.251. The largest absolute Gasteiger partial charge is 0.440 e. The van der Waals surface area contributed by atoms with Gasteiger partial charge in [-0.1, -0.05) is 79.2 Å². The summed E-state index contributed by atoms with van der Waals surface area (Å²) < 4.78 is 11.8. The van der Waals surface area contributed by atoms with Gasteiger partial charge in [0.15, 0.2) is 11.7 Å². The molecule has 5 rings (SSSR count). The van der Waals surface area contributed by atoms with Crippen molar-refractivity contribution >= 4 is 5.97 Å². The summed E-state index contributed by atoms with van der Waals surface area (Å²) in [4.78, 5) is 16.4. The second-order valence-electron chi connectivity index (χ2n) is 8.69. The Bertz CT molecular complexity index is 1170. The predicted molar refractivity (Wildman–Crippen MR) is 129 cm³/mol. The van der Waals surface area contributed by atoms with Gasteiger partial charge in [-0.05, 0) is 42.9 Å². The van der Waals surface area contributed by atoms with Crippen molar-refractivity contribution in [2.75, 3.05) is 0 Å². The van der Waals surface area contributed by atoms with E-state index in [-0.39, 0.29) is 11.9 Å². The van der Waals surface area contributed by atoms with E-state index >= 15 is 0 Å². The van der Waals surface area contributed by atoms with E-state index in [1.807, 2.05) is 54.6 Å². The van der Waals surface area contributed by atoms with E-state index < -0.39 is 0 Å². The number of ether oxygens (including phenoxy) is 1. The van der Waals surface area contributed by atoms with Crippen LogP contribution in [0.2, 0.25) is 0 Å². The molecule has 4 aromatic rings. The van der Waals surface area contributed by atoms with Crippen LogP contribution in [0.25, 0.3) is 22.6 Å². The first-order valence-corrected chi connectivity index (χ1v) is 11.6. The van der Waals surface area contributed by atoms with E-state index in [4.69, 9.17) is 14.1 Å². The maximum absolute atomic E-state index is 11.4. The van der Waals surface area contributed by atoms with Crippen LogP contribution >= 0.6 is 0 Å². The summed E-state index contributed by atoms with van der Waals surface area (Å²) in [6, 6.07) is 28.4. The first-order chi connectivity index (χ1) is 16.2. The summed E-state index contributed by atoms with van der Waals surface area (Å²) in [6.45, 7) is 1.43. The zero-order valence-corrected chi connectivity index (χ0v) is 18.7. The molecule has 0 bridgehead atoms. The molecule has 0 amide bonds. The topological polar surface area (TPSA) is 52.3 Å². The third-order valence-corrected chi connectivity index (χ3v) is 6.34. The first-order valence-electron chi connectivity index (χ1n) is 11.6. The van der Waals surface area contributed by atoms with Crippen LogP contribution in [-0.4, -0.2) is 11.0 Å². The molecule has 2 atom stereocenters. The fourth-order valence-electron chi connectivity index (χ4n) is 4.80. The van der Waals surface area contributed by atoms with Gasteiger partial charge < -0.3 is 9.15 Å². The lowest BCUT2D eigenvalue weighted by atomic mass is 9.78. The van der Waals surface area contributed by atoms with E-state index in [2.05, 4.69) is 30.3 Å². The normalized spacial score (nSPS) is 18.1. The van der Waals surface area contributed by atoms with Crippen molar-refractivity contribution in [1.82, 2.24) is 4.98 Å². The Balaban J connectivity index is 1.46. The van der Waals surface area contributed by atoms with Crippen molar-refractivity contribution < 1.29 is 13.9 Å². The Morgan fingerprint density at radius 1 is 0.879 bits per heavy atom. The predicted octanol–water partition coefficient (Wildman–Crippen LogP) is 7.38. The fourth-order valence-corrected chi connectivity index (χ4v) is 4.80. The lowest BCUT2D eigenvalue weighted by Crippen LogP contribution is -2.13. The minimum atomic E-state index is -0.296. The molecule has 33 heavy (non-hydrogen) atoms. The van der Waals surface area contributed by atoms with Gasteiger partial charge in [0.1, 0.15) is 11.4 Å². The number of carbonyl (C=O) groups excluding carboxylic acids is 1. The molecule has 0 radical (unpaired) electrons. The summed E-state index contributed by atoms with van der Waals surface area (Å²) in [5.41, 5.74) is 4.21. The number of benzene rings is 3. The Labute approximate surface area is 194 Å². The number of rotatable bonds is 5. The summed E-state index contributed by atoms with van der Waals surface area (Å²) in [5, 5.41) is 0. The van der Waals surface area contributed by atoms with Crippen molar-refractivity contribution in [1.29, 1.82) is 0 Å². The Morgan fingerprint density at radius 2 is 1.58 bits per heavy atom. The Hall–Kier alpha value is -3.66. The fraction of sp³-hybridized carbons (Fsp3) is 0.241. The van der Waals surface area contributed by atoms with Gasteiger partial charge in [-0.2, -0.15) is 0 Å². The van der Waals surface area contributed by atoms with Crippen molar-refractivity contribution in [3.05, 3.63) is 96.4 Å². The zero-order valence-electron chi connectivity index (χ0n) is 18.7. The first kappa shape index (κ1) is 21.2.